The Labute approximate surface area is 444 Å². The van der Waals surface area contributed by atoms with Gasteiger partial charge >= 0.3 is 0 Å². The average molecular weight is 971 g/mol. The van der Waals surface area contributed by atoms with Crippen molar-refractivity contribution in [2.45, 2.75) is 48.0 Å². The third-order valence-electron chi connectivity index (χ3n) is 13.8. The van der Waals surface area contributed by atoms with Crippen LogP contribution in [0.4, 0.5) is 5.69 Å². The summed E-state index contributed by atoms with van der Waals surface area (Å²) in [6.45, 7) is 12.8. The van der Waals surface area contributed by atoms with E-state index in [1.165, 1.54) is 110 Å². The molecule has 0 aliphatic heterocycles. The number of hydrogen-bond donors (Lipinski definition) is 1. The van der Waals surface area contributed by atoms with Gasteiger partial charge in [0.05, 0.1) is 11.0 Å². The number of nitrogens with two attached hydrogens (primary N) is 1. The van der Waals surface area contributed by atoms with E-state index in [0.717, 1.165) is 17.5 Å². The van der Waals surface area contributed by atoms with Gasteiger partial charge in [-0.05, 0) is 150 Å². The first-order valence-electron chi connectivity index (χ1n) is 26.0. The van der Waals surface area contributed by atoms with Crippen molar-refractivity contribution in [3.8, 4) is 16.8 Å². The Morgan fingerprint density at radius 2 is 0.800 bits per heavy atom. The first kappa shape index (κ1) is 50.9. The van der Waals surface area contributed by atoms with E-state index >= 15 is 0 Å². The van der Waals surface area contributed by atoms with Gasteiger partial charge in [0.25, 0.3) is 0 Å². The largest absolute Gasteiger partial charge is 0.398 e. The molecule has 0 saturated heterocycles. The summed E-state index contributed by atoms with van der Waals surface area (Å²) in [5.41, 5.74) is 23.7. The molecule has 0 spiro atoms. The SMILES string of the molecule is Cc1ccc2c(c1)c1ccccc1n2-c1ccccc1.Cc1ccc2ccccc2c1.Cc1cccc2c(N)cccc12.Cc1ccccc1.Cc1ccccc1-c1cc(Cc2ccc3ccccc3c2)ccc1C. The van der Waals surface area contributed by atoms with Crippen molar-refractivity contribution in [2.24, 2.45) is 0 Å². The summed E-state index contributed by atoms with van der Waals surface area (Å²) < 4.78 is 2.34. The van der Waals surface area contributed by atoms with Crippen LogP contribution in [0, 0.1) is 41.5 Å². The third kappa shape index (κ3) is 12.6. The lowest BCUT2D eigenvalue weighted by Crippen LogP contribution is -1.92. The Balaban J connectivity index is 0.000000122. The second-order valence-electron chi connectivity index (χ2n) is 19.6. The van der Waals surface area contributed by atoms with Crippen LogP contribution in [0.5, 0.6) is 0 Å². The van der Waals surface area contributed by atoms with Crippen LogP contribution in [0.3, 0.4) is 0 Å². The van der Waals surface area contributed by atoms with Crippen molar-refractivity contribution in [1.82, 2.24) is 4.57 Å². The van der Waals surface area contributed by atoms with E-state index in [-0.39, 0.29) is 0 Å². The Morgan fingerprint density at radius 1 is 0.293 bits per heavy atom. The van der Waals surface area contributed by atoms with Crippen LogP contribution in [0.1, 0.15) is 44.5 Å². The highest BCUT2D eigenvalue weighted by atomic mass is 15.0. The quantitative estimate of drug-likeness (QED) is 0.175. The zero-order valence-electron chi connectivity index (χ0n) is 44.1. The predicted molar refractivity (Wildman–Crippen MR) is 327 cm³/mol. The molecule has 13 rings (SSSR count). The fourth-order valence-corrected chi connectivity index (χ4v) is 9.81. The van der Waals surface area contributed by atoms with E-state index in [2.05, 4.69) is 277 Å². The van der Waals surface area contributed by atoms with Gasteiger partial charge in [0.1, 0.15) is 0 Å². The highest BCUT2D eigenvalue weighted by Gasteiger charge is 2.12. The lowest BCUT2D eigenvalue weighted by molar-refractivity contribution is 1.18. The minimum absolute atomic E-state index is 0.858. The van der Waals surface area contributed by atoms with Crippen LogP contribution in [0.15, 0.2) is 267 Å². The highest BCUT2D eigenvalue weighted by molar-refractivity contribution is 6.09. The average Bonchev–Trinajstić information content (AvgIpc) is 3.78. The normalized spacial score (nSPS) is 10.6. The van der Waals surface area contributed by atoms with E-state index in [1.807, 2.05) is 36.4 Å². The Morgan fingerprint density at radius 3 is 1.51 bits per heavy atom. The number of anilines is 1. The number of fused-ring (bicyclic) bond motifs is 6. The van der Waals surface area contributed by atoms with Crippen molar-refractivity contribution < 1.29 is 0 Å². The molecule has 0 amide bonds. The number of rotatable bonds is 4. The summed E-state index contributed by atoms with van der Waals surface area (Å²) in [5.74, 6) is 0. The van der Waals surface area contributed by atoms with E-state index in [0.29, 0.717) is 0 Å². The summed E-state index contributed by atoms with van der Waals surface area (Å²) in [5, 5.41) is 10.3. The molecule has 0 unspecified atom stereocenters. The second kappa shape index (κ2) is 24.2. The molecule has 0 saturated carbocycles. The maximum atomic E-state index is 5.83. The number of aromatic nitrogens is 1. The Hall–Kier alpha value is -8.98. The molecule has 12 aromatic carbocycles. The van der Waals surface area contributed by atoms with Gasteiger partial charge in [-0.1, -0.05) is 247 Å². The minimum atomic E-state index is 0.858. The van der Waals surface area contributed by atoms with Crippen LogP contribution in [0.25, 0.3) is 70.9 Å². The first-order chi connectivity index (χ1) is 36.6. The molecular weight excluding hydrogens is 905 g/mol. The van der Waals surface area contributed by atoms with Crippen molar-refractivity contribution in [2.75, 3.05) is 5.73 Å². The maximum Gasteiger partial charge on any atom is 0.0541 e. The molecule has 0 aliphatic carbocycles. The molecule has 75 heavy (non-hydrogen) atoms. The van der Waals surface area contributed by atoms with Crippen LogP contribution in [0.2, 0.25) is 0 Å². The molecule has 2 nitrogen and oxygen atoms in total. The van der Waals surface area contributed by atoms with E-state index in [4.69, 9.17) is 5.73 Å². The zero-order chi connectivity index (χ0) is 52.1. The number of aryl methyl sites for hydroxylation is 6. The van der Waals surface area contributed by atoms with Gasteiger partial charge in [-0.15, -0.1) is 0 Å². The fraction of sp³-hybridized carbons (Fsp3) is 0.0959. The standard InChI is InChI=1S/C25H22.C19H15N.C11H11N.C11H10.C7H8/c1-18-7-3-6-10-24(18)25-17-21(12-11-19(25)2)15-20-13-14-22-8-4-5-9-23(22)16-20;1-14-11-12-19-17(13-14)16-9-5-6-10-18(16)20(19)15-7-3-2-4-8-15;1-8-4-2-6-10-9(8)5-3-7-11(10)12;1-9-6-7-10-4-2-3-5-11(10)8-9;1-7-5-3-2-4-6-7/h3-14,16-17H,15H2,1-2H3;2-13H,1H3;2-7H,12H2,1H3;2-8H,1H3;2-6H,1H3. The molecule has 0 atom stereocenters. The van der Waals surface area contributed by atoms with Crippen LogP contribution in [-0.2, 0) is 6.42 Å². The summed E-state index contributed by atoms with van der Waals surface area (Å²) in [6.07, 6.45) is 0.962. The lowest BCUT2D eigenvalue weighted by atomic mass is 9.93. The van der Waals surface area contributed by atoms with Crippen LogP contribution >= 0.6 is 0 Å². The Kier molecular flexibility index (Phi) is 16.4. The van der Waals surface area contributed by atoms with E-state index in [9.17, 15) is 0 Å². The smallest absolute Gasteiger partial charge is 0.0541 e. The number of nitrogens with zero attached hydrogens (tertiary/aromatic N) is 1. The number of para-hydroxylation sites is 2. The molecule has 0 bridgehead atoms. The van der Waals surface area contributed by atoms with Crippen molar-refractivity contribution in [3.05, 3.63) is 311 Å². The molecule has 0 radical (unpaired) electrons. The van der Waals surface area contributed by atoms with Crippen molar-refractivity contribution >= 4 is 59.8 Å². The molecule has 13 aromatic rings. The topological polar surface area (TPSA) is 30.9 Å². The van der Waals surface area contributed by atoms with Gasteiger partial charge in [-0.2, -0.15) is 0 Å². The number of hydrogen-bond acceptors (Lipinski definition) is 1. The fourth-order valence-electron chi connectivity index (χ4n) is 9.81. The molecule has 2 heteroatoms. The Bertz CT molecular complexity index is 3950. The summed E-state index contributed by atoms with van der Waals surface area (Å²) >= 11 is 0. The van der Waals surface area contributed by atoms with Gasteiger partial charge in [0.2, 0.25) is 0 Å². The highest BCUT2D eigenvalue weighted by Crippen LogP contribution is 2.33. The molecule has 1 heterocycles. The van der Waals surface area contributed by atoms with Crippen molar-refractivity contribution in [3.63, 3.8) is 0 Å². The molecular formula is C73H66N2. The summed E-state index contributed by atoms with van der Waals surface area (Å²) in [7, 11) is 0. The molecule has 2 N–H and O–H groups in total. The number of nitrogen functional groups attached to an aromatic ring is 1. The molecule has 1 aromatic heterocycles. The molecule has 0 aliphatic rings. The lowest BCUT2D eigenvalue weighted by Gasteiger charge is -2.12. The van der Waals surface area contributed by atoms with Gasteiger partial charge in [-0.25, -0.2) is 0 Å². The molecule has 0 fully saturated rings. The van der Waals surface area contributed by atoms with Gasteiger partial charge in [0, 0.05) is 27.5 Å². The maximum absolute atomic E-state index is 5.83. The number of benzene rings is 12. The summed E-state index contributed by atoms with van der Waals surface area (Å²) in [4.78, 5) is 0. The van der Waals surface area contributed by atoms with Crippen molar-refractivity contribution in [1.29, 1.82) is 0 Å². The van der Waals surface area contributed by atoms with E-state index < -0.39 is 0 Å². The minimum Gasteiger partial charge on any atom is -0.398 e. The van der Waals surface area contributed by atoms with Crippen LogP contribution < -0.4 is 5.73 Å². The predicted octanol–water partition coefficient (Wildman–Crippen LogP) is 19.7. The third-order valence-corrected chi connectivity index (χ3v) is 13.8. The molecule has 368 valence electrons. The zero-order valence-corrected chi connectivity index (χ0v) is 44.1. The summed E-state index contributed by atoms with van der Waals surface area (Å²) in [6, 6.07) is 94.0. The van der Waals surface area contributed by atoms with Gasteiger partial charge in [0.15, 0.2) is 0 Å². The van der Waals surface area contributed by atoms with E-state index in [1.54, 1.807) is 0 Å². The van der Waals surface area contributed by atoms with Crippen LogP contribution in [-0.4, -0.2) is 4.57 Å². The first-order valence-corrected chi connectivity index (χ1v) is 26.0. The second-order valence-corrected chi connectivity index (χ2v) is 19.6. The monoisotopic (exact) mass is 971 g/mol. The van der Waals surface area contributed by atoms with Gasteiger partial charge in [-0.3, -0.25) is 0 Å². The van der Waals surface area contributed by atoms with Gasteiger partial charge < -0.3 is 10.3 Å².